The molecule has 6 heteroatoms. The average Bonchev–Trinajstić information content (AvgIpc) is 2.56. The number of phenols is 1. The standard InChI is InChI=1S/C14H15NO.C4H4O4/c15-14(12-4-2-1-3-5-12)10-11-6-8-13(16)9-7-11;5-3(6)1-2-4(7)8/h1-9,14,16H,10,15H2;1-2H,(H,5,6)(H,7,8). The highest BCUT2D eigenvalue weighted by molar-refractivity contribution is 5.89. The molecule has 2 rings (SSSR count). The number of hydrogen-bond acceptors (Lipinski definition) is 4. The van der Waals surface area contributed by atoms with Crippen LogP contribution in [-0.2, 0) is 16.0 Å². The molecule has 0 aliphatic carbocycles. The van der Waals surface area contributed by atoms with Crippen LogP contribution in [0.1, 0.15) is 17.2 Å². The quantitative estimate of drug-likeness (QED) is 0.625. The number of phenolic OH excluding ortho intramolecular Hbond substituents is 1. The van der Waals surface area contributed by atoms with Gasteiger partial charge in [0.1, 0.15) is 5.75 Å². The van der Waals surface area contributed by atoms with Crippen LogP contribution in [0.25, 0.3) is 0 Å². The number of carboxylic acid groups (broad SMARTS) is 2. The predicted octanol–water partition coefficient (Wildman–Crippen LogP) is 2.35. The van der Waals surface area contributed by atoms with E-state index in [2.05, 4.69) is 0 Å². The molecule has 0 heterocycles. The van der Waals surface area contributed by atoms with Crippen molar-refractivity contribution >= 4 is 11.9 Å². The Hall–Kier alpha value is -3.12. The summed E-state index contributed by atoms with van der Waals surface area (Å²) in [5.41, 5.74) is 8.37. The number of aliphatic carboxylic acids is 2. The molecule has 24 heavy (non-hydrogen) atoms. The van der Waals surface area contributed by atoms with Crippen molar-refractivity contribution in [3.8, 4) is 5.75 Å². The molecule has 6 nitrogen and oxygen atoms in total. The summed E-state index contributed by atoms with van der Waals surface area (Å²) in [7, 11) is 0. The molecule has 0 aromatic heterocycles. The lowest BCUT2D eigenvalue weighted by atomic mass is 10.00. The molecule has 0 saturated heterocycles. The molecule has 0 amide bonds. The molecule has 0 spiro atoms. The number of rotatable bonds is 5. The lowest BCUT2D eigenvalue weighted by Crippen LogP contribution is -2.12. The molecule has 126 valence electrons. The van der Waals surface area contributed by atoms with Gasteiger partial charge in [-0.2, -0.15) is 0 Å². The van der Waals surface area contributed by atoms with Crippen molar-refractivity contribution in [1.82, 2.24) is 0 Å². The van der Waals surface area contributed by atoms with Crippen molar-refractivity contribution in [1.29, 1.82) is 0 Å². The van der Waals surface area contributed by atoms with E-state index >= 15 is 0 Å². The van der Waals surface area contributed by atoms with Crippen LogP contribution < -0.4 is 5.73 Å². The highest BCUT2D eigenvalue weighted by Crippen LogP contribution is 2.17. The smallest absolute Gasteiger partial charge is 0.328 e. The zero-order valence-corrected chi connectivity index (χ0v) is 12.9. The monoisotopic (exact) mass is 329 g/mol. The van der Waals surface area contributed by atoms with E-state index in [1.807, 2.05) is 42.5 Å². The minimum absolute atomic E-state index is 0.00532. The molecule has 0 radical (unpaired) electrons. The first-order valence-corrected chi connectivity index (χ1v) is 7.11. The van der Waals surface area contributed by atoms with Gasteiger partial charge in [-0.3, -0.25) is 0 Å². The average molecular weight is 329 g/mol. The second-order valence-electron chi connectivity index (χ2n) is 4.90. The second-order valence-corrected chi connectivity index (χ2v) is 4.90. The fourth-order valence-electron chi connectivity index (χ4n) is 1.85. The summed E-state index contributed by atoms with van der Waals surface area (Å²) >= 11 is 0. The first-order chi connectivity index (χ1) is 11.4. The van der Waals surface area contributed by atoms with Gasteiger partial charge in [-0.05, 0) is 29.7 Å². The summed E-state index contributed by atoms with van der Waals surface area (Å²) in [6.45, 7) is 0. The van der Waals surface area contributed by atoms with Crippen molar-refractivity contribution in [2.24, 2.45) is 5.73 Å². The van der Waals surface area contributed by atoms with Gasteiger partial charge >= 0.3 is 11.9 Å². The first-order valence-electron chi connectivity index (χ1n) is 7.11. The zero-order chi connectivity index (χ0) is 17.9. The van der Waals surface area contributed by atoms with Gasteiger partial charge in [-0.25, -0.2) is 9.59 Å². The number of hydrogen-bond donors (Lipinski definition) is 4. The molecule has 0 saturated carbocycles. The molecular formula is C18H19NO5. The normalized spacial score (nSPS) is 11.4. The van der Waals surface area contributed by atoms with E-state index in [1.165, 1.54) is 0 Å². The van der Waals surface area contributed by atoms with E-state index < -0.39 is 11.9 Å². The third kappa shape index (κ3) is 7.77. The SMILES string of the molecule is NC(Cc1ccc(O)cc1)c1ccccc1.O=C(O)C=CC(=O)O. The van der Waals surface area contributed by atoms with Crippen molar-refractivity contribution in [3.05, 3.63) is 77.9 Å². The number of carbonyl (C=O) groups is 2. The van der Waals surface area contributed by atoms with Gasteiger partial charge in [0, 0.05) is 18.2 Å². The number of carboxylic acids is 2. The predicted molar refractivity (Wildman–Crippen MR) is 89.6 cm³/mol. The van der Waals surface area contributed by atoms with Crippen LogP contribution in [0.4, 0.5) is 0 Å². The maximum absolute atomic E-state index is 9.55. The highest BCUT2D eigenvalue weighted by Gasteiger charge is 2.06. The van der Waals surface area contributed by atoms with Crippen LogP contribution in [-0.4, -0.2) is 27.3 Å². The number of benzene rings is 2. The molecule has 5 N–H and O–H groups in total. The van der Waals surface area contributed by atoms with Gasteiger partial charge in [-0.1, -0.05) is 42.5 Å². The molecular weight excluding hydrogens is 310 g/mol. The van der Waals surface area contributed by atoms with E-state index in [0.717, 1.165) is 17.5 Å². The second kappa shape index (κ2) is 9.81. The lowest BCUT2D eigenvalue weighted by Gasteiger charge is -2.11. The van der Waals surface area contributed by atoms with Crippen LogP contribution in [0.3, 0.4) is 0 Å². The third-order valence-electron chi connectivity index (χ3n) is 2.99. The van der Waals surface area contributed by atoms with E-state index in [-0.39, 0.29) is 11.8 Å². The Bertz CT molecular complexity index is 664. The molecule has 0 aliphatic heterocycles. The molecule has 1 unspecified atom stereocenters. The van der Waals surface area contributed by atoms with Crippen LogP contribution >= 0.6 is 0 Å². The summed E-state index contributed by atoms with van der Waals surface area (Å²) < 4.78 is 0. The van der Waals surface area contributed by atoms with E-state index in [9.17, 15) is 14.7 Å². The molecule has 1 atom stereocenters. The van der Waals surface area contributed by atoms with Crippen molar-refractivity contribution in [2.45, 2.75) is 12.5 Å². The molecule has 0 bridgehead atoms. The summed E-state index contributed by atoms with van der Waals surface area (Å²) in [4.78, 5) is 19.1. The van der Waals surface area contributed by atoms with Crippen LogP contribution in [0, 0.1) is 0 Å². The van der Waals surface area contributed by atoms with Gasteiger partial charge in [0.2, 0.25) is 0 Å². The first kappa shape index (κ1) is 18.9. The summed E-state index contributed by atoms with van der Waals surface area (Å²) in [6.07, 6.45) is 1.90. The zero-order valence-electron chi connectivity index (χ0n) is 12.9. The van der Waals surface area contributed by atoms with Crippen LogP contribution in [0.2, 0.25) is 0 Å². The van der Waals surface area contributed by atoms with E-state index in [1.54, 1.807) is 12.1 Å². The van der Waals surface area contributed by atoms with Crippen molar-refractivity contribution in [2.75, 3.05) is 0 Å². The van der Waals surface area contributed by atoms with Crippen molar-refractivity contribution < 1.29 is 24.9 Å². The van der Waals surface area contributed by atoms with Gasteiger partial charge in [0.25, 0.3) is 0 Å². The topological polar surface area (TPSA) is 121 Å². The Labute approximate surface area is 139 Å². The fraction of sp³-hybridized carbons (Fsp3) is 0.111. The van der Waals surface area contributed by atoms with Crippen LogP contribution in [0.15, 0.2) is 66.7 Å². The molecule has 2 aromatic carbocycles. The third-order valence-corrected chi connectivity index (χ3v) is 2.99. The minimum Gasteiger partial charge on any atom is -0.508 e. The Morgan fingerprint density at radius 2 is 1.42 bits per heavy atom. The largest absolute Gasteiger partial charge is 0.508 e. The lowest BCUT2D eigenvalue weighted by molar-refractivity contribution is -0.134. The fourth-order valence-corrected chi connectivity index (χ4v) is 1.85. The number of nitrogens with two attached hydrogens (primary N) is 1. The minimum atomic E-state index is -1.26. The van der Waals surface area contributed by atoms with E-state index in [0.29, 0.717) is 12.2 Å². The Morgan fingerprint density at radius 1 is 0.917 bits per heavy atom. The number of aromatic hydroxyl groups is 1. The Kier molecular flexibility index (Phi) is 7.73. The Morgan fingerprint density at radius 3 is 1.88 bits per heavy atom. The highest BCUT2D eigenvalue weighted by atomic mass is 16.4. The van der Waals surface area contributed by atoms with Gasteiger partial charge in [-0.15, -0.1) is 0 Å². The molecule has 0 fully saturated rings. The molecule has 0 aliphatic rings. The van der Waals surface area contributed by atoms with Gasteiger partial charge < -0.3 is 21.1 Å². The maximum Gasteiger partial charge on any atom is 0.328 e. The van der Waals surface area contributed by atoms with Crippen LogP contribution in [0.5, 0.6) is 5.75 Å². The van der Waals surface area contributed by atoms with E-state index in [4.69, 9.17) is 15.9 Å². The maximum atomic E-state index is 9.55. The van der Waals surface area contributed by atoms with Crippen molar-refractivity contribution in [3.63, 3.8) is 0 Å². The molecule has 2 aromatic rings. The summed E-state index contributed by atoms with van der Waals surface area (Å²) in [5.74, 6) is -2.23. The summed E-state index contributed by atoms with van der Waals surface area (Å²) in [6, 6.07) is 17.2. The Balaban J connectivity index is 0.000000307. The van der Waals surface area contributed by atoms with Gasteiger partial charge in [0.05, 0.1) is 0 Å². The van der Waals surface area contributed by atoms with Gasteiger partial charge in [0.15, 0.2) is 0 Å². The summed E-state index contributed by atoms with van der Waals surface area (Å²) in [5, 5.41) is 24.8.